The number of amidine groups is 1. The van der Waals surface area contributed by atoms with E-state index in [1.807, 2.05) is 45.2 Å². The highest BCUT2D eigenvalue weighted by Gasteiger charge is 2.50. The molecule has 1 aliphatic heterocycles. The van der Waals surface area contributed by atoms with Gasteiger partial charge >= 0.3 is 5.91 Å². The topological polar surface area (TPSA) is 102 Å². The van der Waals surface area contributed by atoms with Crippen molar-refractivity contribution in [1.82, 2.24) is 9.99 Å². The fraction of sp³-hybridized carbons (Fsp3) is 0.400. The molecular formula is C20H24N4O3S. The molecule has 0 spiro atoms. The number of thiophene rings is 1. The molecule has 3 heterocycles. The van der Waals surface area contributed by atoms with Crippen molar-refractivity contribution in [3.8, 4) is 10.6 Å². The summed E-state index contributed by atoms with van der Waals surface area (Å²) >= 11 is 1.50. The van der Waals surface area contributed by atoms with E-state index in [-0.39, 0.29) is 35.0 Å². The summed E-state index contributed by atoms with van der Waals surface area (Å²) in [7, 11) is 0. The molecule has 28 heavy (non-hydrogen) atoms. The molecule has 3 rings (SSSR count). The lowest BCUT2D eigenvalue weighted by Gasteiger charge is -2.24. The van der Waals surface area contributed by atoms with Crippen molar-refractivity contribution in [2.24, 2.45) is 10.9 Å². The number of amides is 1. The minimum atomic E-state index is -1.35. The Labute approximate surface area is 168 Å². The van der Waals surface area contributed by atoms with Crippen molar-refractivity contribution in [1.29, 1.82) is 0 Å². The van der Waals surface area contributed by atoms with Gasteiger partial charge in [-0.2, -0.15) is 0 Å². The molecular weight excluding hydrogens is 376 g/mol. The van der Waals surface area contributed by atoms with Gasteiger partial charge in [0.1, 0.15) is 17.3 Å². The van der Waals surface area contributed by atoms with Crippen LogP contribution in [-0.4, -0.2) is 39.3 Å². The summed E-state index contributed by atoms with van der Waals surface area (Å²) in [5, 5.41) is 15.1. The van der Waals surface area contributed by atoms with Crippen molar-refractivity contribution in [3.63, 3.8) is 0 Å². The van der Waals surface area contributed by atoms with Gasteiger partial charge in [-0.15, -0.1) is 16.3 Å². The van der Waals surface area contributed by atoms with E-state index >= 15 is 0 Å². The first kappa shape index (κ1) is 20.2. The third-order valence-electron chi connectivity index (χ3n) is 4.89. The van der Waals surface area contributed by atoms with Gasteiger partial charge in [0.05, 0.1) is 16.5 Å². The predicted octanol–water partition coefficient (Wildman–Crippen LogP) is 1.06. The van der Waals surface area contributed by atoms with Gasteiger partial charge in [-0.05, 0) is 50.3 Å². The summed E-state index contributed by atoms with van der Waals surface area (Å²) in [5.74, 6) is -1.34. The van der Waals surface area contributed by atoms with Crippen LogP contribution in [0.25, 0.3) is 10.6 Å². The zero-order chi connectivity index (χ0) is 20.6. The molecule has 8 heteroatoms. The number of carboxylic acids is 1. The zero-order valence-corrected chi connectivity index (χ0v) is 17.4. The molecule has 0 radical (unpaired) electrons. The number of aromatic carboxylic acids is 1. The normalized spacial score (nSPS) is 19.6. The van der Waals surface area contributed by atoms with Gasteiger partial charge in [0.2, 0.25) is 5.84 Å². The minimum Gasteiger partial charge on any atom is -0.545 e. The number of aromatic nitrogens is 1. The number of quaternary nitrogens is 1. The molecule has 0 bridgehead atoms. The Morgan fingerprint density at radius 2 is 1.96 bits per heavy atom. The number of carboxylic acid groups (broad SMARTS) is 1. The molecule has 1 unspecified atom stereocenters. The van der Waals surface area contributed by atoms with Gasteiger partial charge in [0.15, 0.2) is 0 Å². The maximum Gasteiger partial charge on any atom is 0.302 e. The number of rotatable bonds is 6. The van der Waals surface area contributed by atoms with Crippen LogP contribution in [0.3, 0.4) is 0 Å². The smallest absolute Gasteiger partial charge is 0.302 e. The number of hydrogen-bond acceptors (Lipinski definition) is 6. The zero-order valence-electron chi connectivity index (χ0n) is 16.6. The second-order valence-electron chi connectivity index (χ2n) is 7.66. The Bertz CT molecular complexity index is 937. The SMILES string of the molecule is CC(C)[NH2+]N1C(=O)C(C)(C(C)C)N=C1c1nc(-c2cccs2)ccc1C(=O)[O-]. The lowest BCUT2D eigenvalue weighted by Crippen LogP contribution is -2.99. The molecule has 1 aliphatic rings. The number of pyridine rings is 1. The number of nitrogens with zero attached hydrogens (tertiary/aromatic N) is 3. The van der Waals surface area contributed by atoms with Crippen molar-refractivity contribution >= 4 is 29.0 Å². The standard InChI is InChI=1S/C20H24N4O3S/c1-11(2)20(5)19(27)24(23-12(3)4)17(22-20)16-13(18(25)26)8-9-14(21-16)15-7-6-10-28-15/h6-12,23H,1-5H3,(H,25,26). The highest BCUT2D eigenvalue weighted by molar-refractivity contribution is 7.13. The molecule has 1 amide bonds. The maximum atomic E-state index is 13.2. The average Bonchev–Trinajstić information content (AvgIpc) is 3.24. The van der Waals surface area contributed by atoms with Gasteiger partial charge in [-0.1, -0.05) is 19.9 Å². The van der Waals surface area contributed by atoms with E-state index in [0.717, 1.165) is 4.88 Å². The van der Waals surface area contributed by atoms with Crippen LogP contribution in [0.15, 0.2) is 34.6 Å². The molecule has 0 aliphatic carbocycles. The molecule has 0 aromatic carbocycles. The molecule has 148 valence electrons. The summed E-state index contributed by atoms with van der Waals surface area (Å²) < 4.78 is 0. The predicted molar refractivity (Wildman–Crippen MR) is 106 cm³/mol. The Morgan fingerprint density at radius 3 is 2.50 bits per heavy atom. The number of aliphatic imine (C=N–C) groups is 1. The van der Waals surface area contributed by atoms with E-state index in [4.69, 9.17) is 0 Å². The van der Waals surface area contributed by atoms with Crippen molar-refractivity contribution in [2.75, 3.05) is 0 Å². The Morgan fingerprint density at radius 1 is 1.25 bits per heavy atom. The molecule has 0 saturated carbocycles. The molecule has 7 nitrogen and oxygen atoms in total. The van der Waals surface area contributed by atoms with Gasteiger partial charge in [-0.3, -0.25) is 4.79 Å². The highest BCUT2D eigenvalue weighted by Crippen LogP contribution is 2.31. The van der Waals surface area contributed by atoms with Crippen LogP contribution < -0.4 is 10.5 Å². The lowest BCUT2D eigenvalue weighted by molar-refractivity contribution is -0.789. The third kappa shape index (κ3) is 3.45. The first-order chi connectivity index (χ1) is 13.1. The molecule has 2 aromatic heterocycles. The van der Waals surface area contributed by atoms with Crippen LogP contribution in [0.1, 0.15) is 50.7 Å². The summed E-state index contributed by atoms with van der Waals surface area (Å²) in [6, 6.07) is 7.00. The summed E-state index contributed by atoms with van der Waals surface area (Å²) in [6.45, 7) is 9.52. The Hall–Kier alpha value is -2.58. The van der Waals surface area contributed by atoms with Crippen LogP contribution in [0, 0.1) is 5.92 Å². The van der Waals surface area contributed by atoms with E-state index in [0.29, 0.717) is 5.69 Å². The van der Waals surface area contributed by atoms with Gasteiger partial charge in [0, 0.05) is 5.56 Å². The first-order valence-electron chi connectivity index (χ1n) is 9.20. The monoisotopic (exact) mass is 400 g/mol. The maximum absolute atomic E-state index is 13.2. The van der Waals surface area contributed by atoms with Crippen molar-refractivity contribution < 1.29 is 20.1 Å². The molecule has 0 saturated heterocycles. The fourth-order valence-electron chi connectivity index (χ4n) is 3.00. The van der Waals surface area contributed by atoms with Crippen molar-refractivity contribution in [3.05, 3.63) is 40.9 Å². The number of hydrogen-bond donors (Lipinski definition) is 1. The molecule has 2 aromatic rings. The fourth-order valence-corrected chi connectivity index (χ4v) is 3.69. The van der Waals surface area contributed by atoms with E-state index in [2.05, 4.69) is 9.98 Å². The molecule has 0 fully saturated rings. The van der Waals surface area contributed by atoms with Crippen LogP contribution in [0.4, 0.5) is 0 Å². The minimum absolute atomic E-state index is 0.0626. The number of carbonyl (C=O) groups excluding carboxylic acids is 2. The van der Waals surface area contributed by atoms with Gasteiger partial charge in [0.25, 0.3) is 0 Å². The second kappa shape index (κ2) is 7.44. The van der Waals surface area contributed by atoms with Gasteiger partial charge < -0.3 is 9.90 Å². The Kier molecular flexibility index (Phi) is 5.36. The molecule has 1 atom stereocenters. The van der Waals surface area contributed by atoms with Gasteiger partial charge in [-0.25, -0.2) is 15.4 Å². The number of nitrogens with two attached hydrogens (primary N) is 1. The lowest BCUT2D eigenvalue weighted by atomic mass is 9.89. The van der Waals surface area contributed by atoms with E-state index in [1.54, 1.807) is 18.4 Å². The first-order valence-corrected chi connectivity index (χ1v) is 10.1. The van der Waals surface area contributed by atoms with E-state index in [9.17, 15) is 14.7 Å². The van der Waals surface area contributed by atoms with Crippen LogP contribution in [0.5, 0.6) is 0 Å². The highest BCUT2D eigenvalue weighted by atomic mass is 32.1. The largest absolute Gasteiger partial charge is 0.545 e. The van der Waals surface area contributed by atoms with E-state index in [1.165, 1.54) is 22.4 Å². The average molecular weight is 401 g/mol. The summed E-state index contributed by atoms with van der Waals surface area (Å²) in [5.41, 5.74) is 1.48. The van der Waals surface area contributed by atoms with Crippen LogP contribution >= 0.6 is 11.3 Å². The van der Waals surface area contributed by atoms with E-state index < -0.39 is 11.5 Å². The summed E-state index contributed by atoms with van der Waals surface area (Å²) in [6.07, 6.45) is 0. The quantitative estimate of drug-likeness (QED) is 0.579. The second-order valence-corrected chi connectivity index (χ2v) is 8.61. The van der Waals surface area contributed by atoms with Crippen molar-refractivity contribution in [2.45, 2.75) is 46.2 Å². The van der Waals surface area contributed by atoms with Crippen LogP contribution in [0.2, 0.25) is 0 Å². The molecule has 2 N–H and O–H groups in total. The Balaban J connectivity index is 2.21. The number of carbonyl (C=O) groups is 2. The third-order valence-corrected chi connectivity index (χ3v) is 5.78. The van der Waals surface area contributed by atoms with Crippen LogP contribution in [-0.2, 0) is 4.79 Å². The summed E-state index contributed by atoms with van der Waals surface area (Å²) in [4.78, 5) is 35.1.